The summed E-state index contributed by atoms with van der Waals surface area (Å²) in [4.78, 5) is 4.84. The maximum Gasteiger partial charge on any atom is 0.129 e. The summed E-state index contributed by atoms with van der Waals surface area (Å²) in [6.45, 7) is 3.62. The Morgan fingerprint density at radius 2 is 2.21 bits per heavy atom. The van der Waals surface area contributed by atoms with E-state index in [2.05, 4.69) is 29.7 Å². The summed E-state index contributed by atoms with van der Waals surface area (Å²) in [5, 5.41) is 6.74. The zero-order valence-electron chi connectivity index (χ0n) is 15.0. The lowest BCUT2D eigenvalue weighted by atomic mass is 9.96. The number of aryl methyl sites for hydroxylation is 2. The Hall–Kier alpha value is -1.16. The van der Waals surface area contributed by atoms with Crippen LogP contribution in [0, 0.1) is 0 Å². The van der Waals surface area contributed by atoms with E-state index in [1.165, 1.54) is 30.5 Å². The largest absolute Gasteiger partial charge is 0.367 e. The molecule has 2 aliphatic heterocycles. The van der Waals surface area contributed by atoms with Gasteiger partial charge < -0.3 is 10.6 Å². The summed E-state index contributed by atoms with van der Waals surface area (Å²) in [6, 6.07) is 5.01. The molecule has 0 radical (unpaired) electrons. The van der Waals surface area contributed by atoms with E-state index in [-0.39, 0.29) is 0 Å². The van der Waals surface area contributed by atoms with E-state index in [0.29, 0.717) is 25.4 Å². The molecular formula is C20H32FN3. The van der Waals surface area contributed by atoms with Crippen LogP contribution >= 0.6 is 0 Å². The maximum atomic E-state index is 14.3. The molecule has 1 aromatic heterocycles. The fourth-order valence-electron chi connectivity index (χ4n) is 4.01. The number of hydrogen-bond acceptors (Lipinski definition) is 3. The van der Waals surface area contributed by atoms with E-state index in [1.54, 1.807) is 0 Å². The zero-order chi connectivity index (χ0) is 16.8. The van der Waals surface area contributed by atoms with Gasteiger partial charge in [0.1, 0.15) is 11.5 Å². The van der Waals surface area contributed by atoms with Gasteiger partial charge in [-0.15, -0.1) is 0 Å². The van der Waals surface area contributed by atoms with Gasteiger partial charge in [-0.1, -0.05) is 32.3 Å². The number of nitrogens with one attached hydrogen (secondary N) is 2. The predicted octanol–water partition coefficient (Wildman–Crippen LogP) is 4.41. The van der Waals surface area contributed by atoms with Crippen LogP contribution < -0.4 is 10.6 Å². The average molecular weight is 333 g/mol. The Kier molecular flexibility index (Phi) is 6.09. The SMILES string of the molecule is CCCC1CCc2ccc(CCCCCC3(F)CCNC3)nc2N1. The molecule has 2 aliphatic rings. The van der Waals surface area contributed by atoms with Crippen molar-refractivity contribution in [3.63, 3.8) is 0 Å². The van der Waals surface area contributed by atoms with Crippen molar-refractivity contribution in [1.29, 1.82) is 0 Å². The van der Waals surface area contributed by atoms with Crippen molar-refractivity contribution in [3.05, 3.63) is 23.4 Å². The van der Waals surface area contributed by atoms with Crippen molar-refractivity contribution in [2.45, 2.75) is 82.8 Å². The third-order valence-electron chi connectivity index (χ3n) is 5.53. The van der Waals surface area contributed by atoms with Crippen LogP contribution in [0.5, 0.6) is 0 Å². The van der Waals surface area contributed by atoms with E-state index in [0.717, 1.165) is 44.5 Å². The second kappa shape index (κ2) is 8.28. The van der Waals surface area contributed by atoms with Crippen molar-refractivity contribution >= 4 is 5.82 Å². The van der Waals surface area contributed by atoms with Crippen LogP contribution in [0.1, 0.15) is 69.5 Å². The smallest absolute Gasteiger partial charge is 0.129 e. The third kappa shape index (κ3) is 4.69. The molecule has 1 fully saturated rings. The molecule has 0 spiro atoms. The molecule has 2 atom stereocenters. The van der Waals surface area contributed by atoms with Gasteiger partial charge in [0.25, 0.3) is 0 Å². The minimum atomic E-state index is -0.942. The molecule has 1 aromatic rings. The summed E-state index contributed by atoms with van der Waals surface area (Å²) >= 11 is 0. The zero-order valence-corrected chi connectivity index (χ0v) is 15.0. The van der Waals surface area contributed by atoms with Gasteiger partial charge in [-0.05, 0) is 63.1 Å². The van der Waals surface area contributed by atoms with Gasteiger partial charge in [-0.25, -0.2) is 9.37 Å². The van der Waals surface area contributed by atoms with Crippen molar-refractivity contribution < 1.29 is 4.39 Å². The minimum Gasteiger partial charge on any atom is -0.367 e. The van der Waals surface area contributed by atoms with Gasteiger partial charge in [0, 0.05) is 18.3 Å². The highest BCUT2D eigenvalue weighted by molar-refractivity contribution is 5.48. The highest BCUT2D eigenvalue weighted by Crippen LogP contribution is 2.27. The topological polar surface area (TPSA) is 37.0 Å². The lowest BCUT2D eigenvalue weighted by Crippen LogP contribution is -2.26. The summed E-state index contributed by atoms with van der Waals surface area (Å²) in [7, 11) is 0. The molecule has 0 saturated carbocycles. The summed E-state index contributed by atoms with van der Waals surface area (Å²) in [6.07, 6.45) is 10.4. The van der Waals surface area contributed by atoms with Crippen LogP contribution in [0.15, 0.2) is 12.1 Å². The van der Waals surface area contributed by atoms with Gasteiger partial charge in [0.2, 0.25) is 0 Å². The van der Waals surface area contributed by atoms with Gasteiger partial charge in [-0.2, -0.15) is 0 Å². The lowest BCUT2D eigenvalue weighted by molar-refractivity contribution is 0.171. The Morgan fingerprint density at radius 3 is 3.00 bits per heavy atom. The second-order valence-electron chi connectivity index (χ2n) is 7.62. The number of hydrogen-bond donors (Lipinski definition) is 2. The summed E-state index contributed by atoms with van der Waals surface area (Å²) < 4.78 is 14.3. The van der Waals surface area contributed by atoms with E-state index in [4.69, 9.17) is 4.98 Å². The standard InChI is InChI=1S/C20H32FN3/c1-2-6-17-10-8-16-9-11-18(24-19(16)23-17)7-4-3-5-12-20(21)13-14-22-15-20/h9,11,17,22H,2-8,10,12-15H2,1H3,(H,23,24). The number of alkyl halides is 1. The molecule has 0 bridgehead atoms. The monoisotopic (exact) mass is 333 g/mol. The number of halogens is 1. The van der Waals surface area contributed by atoms with Crippen LogP contribution in [0.2, 0.25) is 0 Å². The molecule has 3 heterocycles. The maximum absolute atomic E-state index is 14.3. The number of fused-ring (bicyclic) bond motifs is 1. The first-order chi connectivity index (χ1) is 11.7. The van der Waals surface area contributed by atoms with Crippen LogP contribution in [0.4, 0.5) is 10.2 Å². The molecule has 1 saturated heterocycles. The minimum absolute atomic E-state index is 0.546. The van der Waals surface area contributed by atoms with Gasteiger partial charge in [0.05, 0.1) is 0 Å². The van der Waals surface area contributed by atoms with Gasteiger partial charge in [-0.3, -0.25) is 0 Å². The second-order valence-corrected chi connectivity index (χ2v) is 7.62. The Bertz CT molecular complexity index is 526. The van der Waals surface area contributed by atoms with E-state index < -0.39 is 5.67 Å². The number of rotatable bonds is 8. The quantitative estimate of drug-likeness (QED) is 0.692. The van der Waals surface area contributed by atoms with E-state index >= 15 is 0 Å². The van der Waals surface area contributed by atoms with Crippen LogP contribution in [-0.4, -0.2) is 29.8 Å². The van der Waals surface area contributed by atoms with Gasteiger partial charge >= 0.3 is 0 Å². The Balaban J connectivity index is 1.42. The number of aromatic nitrogens is 1. The summed E-state index contributed by atoms with van der Waals surface area (Å²) in [5.74, 6) is 1.11. The van der Waals surface area contributed by atoms with Crippen LogP contribution in [-0.2, 0) is 12.8 Å². The van der Waals surface area contributed by atoms with Crippen molar-refractivity contribution in [2.75, 3.05) is 18.4 Å². The first kappa shape index (κ1) is 17.7. The molecule has 2 N–H and O–H groups in total. The molecule has 3 nitrogen and oxygen atoms in total. The first-order valence-corrected chi connectivity index (χ1v) is 9.83. The molecule has 4 heteroatoms. The van der Waals surface area contributed by atoms with E-state index in [9.17, 15) is 4.39 Å². The Morgan fingerprint density at radius 1 is 1.29 bits per heavy atom. The molecule has 24 heavy (non-hydrogen) atoms. The van der Waals surface area contributed by atoms with Crippen LogP contribution in [0.3, 0.4) is 0 Å². The molecule has 0 amide bonds. The molecular weight excluding hydrogens is 301 g/mol. The highest BCUT2D eigenvalue weighted by atomic mass is 19.1. The van der Waals surface area contributed by atoms with Gasteiger partial charge in [0.15, 0.2) is 0 Å². The van der Waals surface area contributed by atoms with Crippen molar-refractivity contribution in [3.8, 4) is 0 Å². The fourth-order valence-corrected chi connectivity index (χ4v) is 4.01. The molecule has 3 rings (SSSR count). The number of unbranched alkanes of at least 4 members (excludes halogenated alkanes) is 2. The Labute approximate surface area is 145 Å². The number of anilines is 1. The number of nitrogens with zero attached hydrogens (tertiary/aromatic N) is 1. The number of pyridine rings is 1. The predicted molar refractivity (Wildman–Crippen MR) is 98.4 cm³/mol. The van der Waals surface area contributed by atoms with Crippen LogP contribution in [0.25, 0.3) is 0 Å². The average Bonchev–Trinajstić information content (AvgIpc) is 3.01. The third-order valence-corrected chi connectivity index (χ3v) is 5.53. The molecule has 0 aromatic carbocycles. The van der Waals surface area contributed by atoms with Crippen molar-refractivity contribution in [2.24, 2.45) is 0 Å². The molecule has 0 aliphatic carbocycles. The lowest BCUT2D eigenvalue weighted by Gasteiger charge is -2.26. The molecule has 2 unspecified atom stereocenters. The van der Waals surface area contributed by atoms with E-state index in [1.807, 2.05) is 0 Å². The normalized spacial score (nSPS) is 26.2. The summed E-state index contributed by atoms with van der Waals surface area (Å²) in [5.41, 5.74) is 1.59. The highest BCUT2D eigenvalue weighted by Gasteiger charge is 2.32. The fraction of sp³-hybridized carbons (Fsp3) is 0.750. The van der Waals surface area contributed by atoms with Crippen molar-refractivity contribution in [1.82, 2.24) is 10.3 Å². The first-order valence-electron chi connectivity index (χ1n) is 9.83. The molecule has 134 valence electrons.